The molecule has 0 fully saturated rings. The Labute approximate surface area is 55.8 Å². The number of aliphatic hydroxyl groups is 1. The van der Waals surface area contributed by atoms with Gasteiger partial charge in [-0.1, -0.05) is 13.3 Å². The number of rotatable bonds is 3. The van der Waals surface area contributed by atoms with Crippen molar-refractivity contribution in [1.82, 2.24) is 0 Å². The first-order valence-electron chi connectivity index (χ1n) is 2.80. The molecule has 1 nitrogen and oxygen atoms in total. The molecule has 0 aromatic heterocycles. The van der Waals surface area contributed by atoms with Gasteiger partial charge >= 0.3 is 0 Å². The van der Waals surface area contributed by atoms with Gasteiger partial charge < -0.3 is 5.11 Å². The fraction of sp³-hybridized carbons (Fsp3) is 0.667. The molecule has 1 unspecified atom stereocenters. The highest BCUT2D eigenvalue weighted by Crippen LogP contribution is 2.04. The molecule has 8 heavy (non-hydrogen) atoms. The van der Waals surface area contributed by atoms with Crippen molar-refractivity contribution in [1.29, 1.82) is 0 Å². The van der Waals surface area contributed by atoms with Gasteiger partial charge in [-0.15, -0.1) is 0 Å². The monoisotopic (exact) mass is 132 g/mol. The lowest BCUT2D eigenvalue weighted by atomic mass is 10.2. The summed E-state index contributed by atoms with van der Waals surface area (Å²) in [6.45, 7) is 2.09. The summed E-state index contributed by atoms with van der Waals surface area (Å²) >= 11 is 4.14. The van der Waals surface area contributed by atoms with Crippen LogP contribution in [0.5, 0.6) is 0 Å². The van der Waals surface area contributed by atoms with Crippen LogP contribution in [0.4, 0.5) is 0 Å². The smallest absolute Gasteiger partial charge is 0.0762 e. The third-order valence-corrected chi connectivity index (χ3v) is 1.32. The summed E-state index contributed by atoms with van der Waals surface area (Å²) in [7, 11) is 0. The number of hydrogen-bond acceptors (Lipinski definition) is 2. The maximum absolute atomic E-state index is 8.23. The van der Waals surface area contributed by atoms with Gasteiger partial charge in [-0.25, -0.2) is 0 Å². The first kappa shape index (κ1) is 7.89. The Morgan fingerprint density at radius 3 is 2.75 bits per heavy atom. The van der Waals surface area contributed by atoms with Gasteiger partial charge in [-0.05, 0) is 12.5 Å². The second-order valence-corrected chi connectivity index (χ2v) is 2.36. The molecular formula is C6H12OS. The van der Waals surface area contributed by atoms with Crippen molar-refractivity contribution in [3.8, 4) is 0 Å². The van der Waals surface area contributed by atoms with E-state index in [1.165, 1.54) is 0 Å². The fourth-order valence-corrected chi connectivity index (χ4v) is 0.827. The highest BCUT2D eigenvalue weighted by Gasteiger charge is 1.92. The molecule has 1 N–H and O–H groups in total. The van der Waals surface area contributed by atoms with Crippen LogP contribution in [0.2, 0.25) is 0 Å². The van der Waals surface area contributed by atoms with Crippen molar-refractivity contribution in [2.24, 2.45) is 0 Å². The van der Waals surface area contributed by atoms with E-state index in [1.807, 2.05) is 0 Å². The van der Waals surface area contributed by atoms with Gasteiger partial charge in [0.05, 0.1) is 6.26 Å². The predicted molar refractivity (Wildman–Crippen MR) is 39.5 cm³/mol. The molecule has 48 valence electrons. The molecule has 0 rings (SSSR count). The van der Waals surface area contributed by atoms with Crippen LogP contribution >= 0.6 is 12.6 Å². The van der Waals surface area contributed by atoms with Crippen LogP contribution in [0, 0.1) is 0 Å². The highest BCUT2D eigenvalue weighted by atomic mass is 32.1. The molecule has 0 bridgehead atoms. The largest absolute Gasteiger partial charge is 0.516 e. The second-order valence-electron chi connectivity index (χ2n) is 1.70. The minimum absolute atomic E-state index is 0.227. The first-order valence-corrected chi connectivity index (χ1v) is 3.31. The molecule has 0 heterocycles. The molecule has 0 saturated carbocycles. The quantitative estimate of drug-likeness (QED) is 0.445. The Balaban J connectivity index is 3.17. The van der Waals surface area contributed by atoms with E-state index in [2.05, 4.69) is 19.6 Å². The first-order chi connectivity index (χ1) is 3.81. The molecule has 0 radical (unpaired) electrons. The molecule has 0 aliphatic rings. The van der Waals surface area contributed by atoms with E-state index in [0.29, 0.717) is 0 Å². The minimum Gasteiger partial charge on any atom is -0.516 e. The summed E-state index contributed by atoms with van der Waals surface area (Å²) in [6, 6.07) is 0. The van der Waals surface area contributed by atoms with E-state index in [1.54, 1.807) is 6.08 Å². The van der Waals surface area contributed by atoms with Gasteiger partial charge in [-0.3, -0.25) is 0 Å². The highest BCUT2D eigenvalue weighted by molar-refractivity contribution is 7.81. The molecule has 0 amide bonds. The standard InChI is InChI=1S/C6H12OS/c1-2-3-6(8)4-5-7/h4-8H,2-3H2,1H3/b5-4+. The summed E-state index contributed by atoms with van der Waals surface area (Å²) in [5.41, 5.74) is 0. The lowest BCUT2D eigenvalue weighted by molar-refractivity contribution is 0.470. The van der Waals surface area contributed by atoms with Gasteiger partial charge in [0.15, 0.2) is 0 Å². The average molecular weight is 132 g/mol. The lowest BCUT2D eigenvalue weighted by Crippen LogP contribution is -1.90. The van der Waals surface area contributed by atoms with E-state index < -0.39 is 0 Å². The molecule has 0 aromatic carbocycles. The van der Waals surface area contributed by atoms with Crippen LogP contribution < -0.4 is 0 Å². The second kappa shape index (κ2) is 5.04. The number of thiol groups is 1. The predicted octanol–water partition coefficient (Wildman–Crippen LogP) is 2.16. The fourth-order valence-electron chi connectivity index (χ4n) is 0.491. The summed E-state index contributed by atoms with van der Waals surface area (Å²) in [5.74, 6) is 0. The van der Waals surface area contributed by atoms with Crippen LogP contribution in [0.3, 0.4) is 0 Å². The zero-order chi connectivity index (χ0) is 6.41. The van der Waals surface area contributed by atoms with E-state index in [9.17, 15) is 0 Å². The molecule has 0 aliphatic carbocycles. The van der Waals surface area contributed by atoms with Gasteiger partial charge in [-0.2, -0.15) is 12.6 Å². The summed E-state index contributed by atoms with van der Waals surface area (Å²) in [5, 5.41) is 8.46. The van der Waals surface area contributed by atoms with E-state index in [4.69, 9.17) is 5.11 Å². The van der Waals surface area contributed by atoms with Gasteiger partial charge in [0.2, 0.25) is 0 Å². The Hall–Kier alpha value is -0.110. The van der Waals surface area contributed by atoms with Gasteiger partial charge in [0.1, 0.15) is 0 Å². The third kappa shape index (κ3) is 4.06. The van der Waals surface area contributed by atoms with Crippen LogP contribution in [-0.4, -0.2) is 10.4 Å². The Bertz CT molecular complexity index is 70.9. The summed E-state index contributed by atoms with van der Waals surface area (Å²) in [6.07, 6.45) is 4.86. The molecule has 0 spiro atoms. The number of hydrogen-bond donors (Lipinski definition) is 2. The molecule has 0 aromatic rings. The molecule has 2 heteroatoms. The average Bonchev–Trinajstić information content (AvgIpc) is 1.68. The van der Waals surface area contributed by atoms with E-state index >= 15 is 0 Å². The van der Waals surface area contributed by atoms with Gasteiger partial charge in [0.25, 0.3) is 0 Å². The molecule has 1 atom stereocenters. The Kier molecular flexibility index (Phi) is 4.97. The topological polar surface area (TPSA) is 20.2 Å². The SMILES string of the molecule is CCCC(S)/C=C/O. The van der Waals surface area contributed by atoms with Crippen molar-refractivity contribution in [2.75, 3.05) is 0 Å². The molecule has 0 aliphatic heterocycles. The lowest BCUT2D eigenvalue weighted by Gasteiger charge is -1.98. The van der Waals surface area contributed by atoms with Crippen molar-refractivity contribution < 1.29 is 5.11 Å². The van der Waals surface area contributed by atoms with Gasteiger partial charge in [0, 0.05) is 5.25 Å². The molecule has 0 saturated heterocycles. The Morgan fingerprint density at radius 2 is 2.38 bits per heavy atom. The number of aliphatic hydroxyl groups excluding tert-OH is 1. The van der Waals surface area contributed by atoms with E-state index in [0.717, 1.165) is 19.1 Å². The zero-order valence-electron chi connectivity index (χ0n) is 5.04. The van der Waals surface area contributed by atoms with Crippen molar-refractivity contribution in [3.63, 3.8) is 0 Å². The maximum atomic E-state index is 8.23. The van der Waals surface area contributed by atoms with Crippen LogP contribution in [-0.2, 0) is 0 Å². The zero-order valence-corrected chi connectivity index (χ0v) is 5.94. The normalized spacial score (nSPS) is 14.8. The van der Waals surface area contributed by atoms with Crippen molar-refractivity contribution >= 4 is 12.6 Å². The van der Waals surface area contributed by atoms with E-state index in [-0.39, 0.29) is 5.25 Å². The summed E-state index contributed by atoms with van der Waals surface area (Å²) < 4.78 is 0. The molecular weight excluding hydrogens is 120 g/mol. The van der Waals surface area contributed by atoms with Crippen LogP contribution in [0.1, 0.15) is 19.8 Å². The van der Waals surface area contributed by atoms with Crippen molar-refractivity contribution in [3.05, 3.63) is 12.3 Å². The maximum Gasteiger partial charge on any atom is 0.0762 e. The van der Waals surface area contributed by atoms with Crippen molar-refractivity contribution in [2.45, 2.75) is 25.0 Å². The minimum atomic E-state index is 0.227. The summed E-state index contributed by atoms with van der Waals surface area (Å²) in [4.78, 5) is 0. The third-order valence-electron chi connectivity index (χ3n) is 0.893. The van der Waals surface area contributed by atoms with Crippen LogP contribution in [0.25, 0.3) is 0 Å². The van der Waals surface area contributed by atoms with Crippen LogP contribution in [0.15, 0.2) is 12.3 Å². The Morgan fingerprint density at radius 1 is 1.75 bits per heavy atom.